The molecule has 1 aromatic rings. The highest BCUT2D eigenvalue weighted by Gasteiger charge is 2.34. The number of carbonyl (C=O) groups is 2. The normalized spacial score (nSPS) is 21.1. The molecule has 0 radical (unpaired) electrons. The van der Waals surface area contributed by atoms with Crippen molar-refractivity contribution in [2.45, 2.75) is 50.3 Å². The Balaban J connectivity index is 1.60. The minimum absolute atomic E-state index is 0.0246. The zero-order valence-corrected chi connectivity index (χ0v) is 17.2. The van der Waals surface area contributed by atoms with Crippen LogP contribution in [0, 0.1) is 5.92 Å². The zero-order chi connectivity index (χ0) is 20.1. The lowest BCUT2D eigenvalue weighted by Gasteiger charge is -2.25. The fourth-order valence-electron chi connectivity index (χ4n) is 3.72. The van der Waals surface area contributed by atoms with Gasteiger partial charge in [-0.1, -0.05) is 19.8 Å². The number of hydrogen-bond acceptors (Lipinski definition) is 4. The molecule has 2 fully saturated rings. The van der Waals surface area contributed by atoms with Crippen molar-refractivity contribution in [1.82, 2.24) is 9.21 Å². The molecular formula is C20H29N3O4S. The Morgan fingerprint density at radius 1 is 1.14 bits per heavy atom. The Kier molecular flexibility index (Phi) is 6.72. The largest absolute Gasteiger partial charge is 0.342 e. The highest BCUT2D eigenvalue weighted by molar-refractivity contribution is 7.89. The van der Waals surface area contributed by atoms with Crippen molar-refractivity contribution >= 4 is 27.5 Å². The van der Waals surface area contributed by atoms with Gasteiger partial charge in [0.15, 0.2) is 0 Å². The molecule has 0 aliphatic carbocycles. The van der Waals surface area contributed by atoms with Gasteiger partial charge >= 0.3 is 0 Å². The van der Waals surface area contributed by atoms with Gasteiger partial charge in [0.25, 0.3) is 0 Å². The Labute approximate surface area is 167 Å². The summed E-state index contributed by atoms with van der Waals surface area (Å²) in [5, 5.41) is 2.81. The first-order valence-electron chi connectivity index (χ1n) is 10.1. The first-order valence-corrected chi connectivity index (χ1v) is 11.5. The molecule has 2 heterocycles. The molecule has 0 aromatic heterocycles. The predicted octanol–water partition coefficient (Wildman–Crippen LogP) is 2.45. The van der Waals surface area contributed by atoms with Crippen molar-refractivity contribution in [3.8, 4) is 0 Å². The summed E-state index contributed by atoms with van der Waals surface area (Å²) in [5.74, 6) is -0.531. The minimum atomic E-state index is -3.48. The van der Waals surface area contributed by atoms with Crippen molar-refractivity contribution in [1.29, 1.82) is 0 Å². The van der Waals surface area contributed by atoms with Gasteiger partial charge in [-0.15, -0.1) is 0 Å². The summed E-state index contributed by atoms with van der Waals surface area (Å²) < 4.78 is 26.9. The summed E-state index contributed by atoms with van der Waals surface area (Å²) in [6.07, 6.45) is 5.03. The van der Waals surface area contributed by atoms with Gasteiger partial charge in [0.05, 0.1) is 10.8 Å². The molecule has 3 rings (SSSR count). The van der Waals surface area contributed by atoms with Gasteiger partial charge in [-0.3, -0.25) is 9.59 Å². The Hall–Kier alpha value is -1.93. The number of benzene rings is 1. The van der Waals surface area contributed by atoms with Gasteiger partial charge in [-0.05, 0) is 43.5 Å². The lowest BCUT2D eigenvalue weighted by molar-refractivity contribution is -0.128. The van der Waals surface area contributed by atoms with Crippen LogP contribution in [0.5, 0.6) is 0 Å². The summed E-state index contributed by atoms with van der Waals surface area (Å²) in [5.41, 5.74) is 0.544. The van der Waals surface area contributed by atoms with E-state index in [1.165, 1.54) is 16.4 Å². The summed E-state index contributed by atoms with van der Waals surface area (Å²) in [4.78, 5) is 26.5. The molecule has 0 unspecified atom stereocenters. The van der Waals surface area contributed by atoms with Gasteiger partial charge in [0.2, 0.25) is 21.8 Å². The Morgan fingerprint density at radius 3 is 2.46 bits per heavy atom. The Morgan fingerprint density at radius 2 is 1.82 bits per heavy atom. The van der Waals surface area contributed by atoms with Crippen molar-refractivity contribution in [3.63, 3.8) is 0 Å². The van der Waals surface area contributed by atoms with Crippen LogP contribution >= 0.6 is 0 Å². The van der Waals surface area contributed by atoms with E-state index in [9.17, 15) is 18.0 Å². The average molecular weight is 408 g/mol. The van der Waals surface area contributed by atoms with Gasteiger partial charge in [0, 0.05) is 38.3 Å². The van der Waals surface area contributed by atoms with Crippen LogP contribution in [0.2, 0.25) is 0 Å². The van der Waals surface area contributed by atoms with E-state index in [2.05, 4.69) is 12.2 Å². The maximum atomic E-state index is 12.7. The van der Waals surface area contributed by atoms with Crippen molar-refractivity contribution in [3.05, 3.63) is 24.3 Å². The molecule has 0 bridgehead atoms. The van der Waals surface area contributed by atoms with E-state index in [1.807, 2.05) is 0 Å². The van der Waals surface area contributed by atoms with Crippen LogP contribution in [0.3, 0.4) is 0 Å². The minimum Gasteiger partial charge on any atom is -0.342 e. The molecule has 2 saturated heterocycles. The smallest absolute Gasteiger partial charge is 0.243 e. The molecule has 0 saturated carbocycles. The fraction of sp³-hybridized carbons (Fsp3) is 0.600. The lowest BCUT2D eigenvalue weighted by atomic mass is 10.1. The lowest BCUT2D eigenvalue weighted by Crippen LogP contribution is -2.35. The summed E-state index contributed by atoms with van der Waals surface area (Å²) in [6.45, 7) is 4.34. The standard InChI is InChI=1S/C20H29N3O4S/c1-2-3-11-22-15-16(14-19(22)24)20(25)21-17-7-9-18(10-8-17)28(26,27)23-12-5-4-6-13-23/h7-10,16H,2-6,11-15H2,1H3,(H,21,25)/t16-/m1/s1. The maximum Gasteiger partial charge on any atom is 0.243 e. The number of amides is 2. The molecule has 1 atom stereocenters. The zero-order valence-electron chi connectivity index (χ0n) is 16.4. The SMILES string of the molecule is CCCCN1C[C@H](C(=O)Nc2ccc(S(=O)(=O)N3CCCCC3)cc2)CC1=O. The molecule has 1 aromatic carbocycles. The number of piperidine rings is 1. The highest BCUT2D eigenvalue weighted by atomic mass is 32.2. The van der Waals surface area contributed by atoms with Crippen LogP contribution in [0.25, 0.3) is 0 Å². The summed E-state index contributed by atoms with van der Waals surface area (Å²) in [6, 6.07) is 6.29. The molecule has 2 aliphatic rings. The quantitative estimate of drug-likeness (QED) is 0.752. The van der Waals surface area contributed by atoms with Crippen molar-refractivity contribution in [2.24, 2.45) is 5.92 Å². The molecular weight excluding hydrogens is 378 g/mol. The van der Waals surface area contributed by atoms with Crippen LogP contribution in [-0.2, 0) is 19.6 Å². The monoisotopic (exact) mass is 407 g/mol. The molecule has 154 valence electrons. The average Bonchev–Trinajstić information content (AvgIpc) is 3.08. The number of nitrogens with zero attached hydrogens (tertiary/aromatic N) is 2. The first-order chi connectivity index (χ1) is 13.4. The second-order valence-electron chi connectivity index (χ2n) is 7.57. The third-order valence-electron chi connectivity index (χ3n) is 5.44. The summed E-state index contributed by atoms with van der Waals surface area (Å²) >= 11 is 0. The van der Waals surface area contributed by atoms with Crippen molar-refractivity contribution < 1.29 is 18.0 Å². The number of anilines is 1. The van der Waals surface area contributed by atoms with Gasteiger partial charge in [-0.25, -0.2) is 8.42 Å². The van der Waals surface area contributed by atoms with Gasteiger partial charge in [-0.2, -0.15) is 4.31 Å². The molecule has 0 spiro atoms. The van der Waals surface area contributed by atoms with E-state index in [1.54, 1.807) is 17.0 Å². The van der Waals surface area contributed by atoms with Crippen LogP contribution in [-0.4, -0.2) is 55.6 Å². The highest BCUT2D eigenvalue weighted by Crippen LogP contribution is 2.24. The van der Waals surface area contributed by atoms with Gasteiger partial charge < -0.3 is 10.2 Å². The molecule has 2 aliphatic heterocycles. The van der Waals surface area contributed by atoms with E-state index in [-0.39, 0.29) is 29.0 Å². The Bertz CT molecular complexity index is 801. The third-order valence-corrected chi connectivity index (χ3v) is 7.35. The van der Waals surface area contributed by atoms with E-state index in [0.717, 1.165) is 32.1 Å². The number of carbonyl (C=O) groups excluding carboxylic acids is 2. The number of likely N-dealkylation sites (tertiary alicyclic amines) is 1. The number of unbranched alkanes of at least 4 members (excludes halogenated alkanes) is 1. The topological polar surface area (TPSA) is 86.8 Å². The maximum absolute atomic E-state index is 12.7. The second kappa shape index (κ2) is 9.05. The van der Waals surface area contributed by atoms with Crippen LogP contribution < -0.4 is 5.32 Å². The van der Waals surface area contributed by atoms with E-state index in [0.29, 0.717) is 31.9 Å². The van der Waals surface area contributed by atoms with E-state index < -0.39 is 10.0 Å². The molecule has 7 nitrogen and oxygen atoms in total. The van der Waals surface area contributed by atoms with Crippen LogP contribution in [0.4, 0.5) is 5.69 Å². The number of sulfonamides is 1. The van der Waals surface area contributed by atoms with Crippen molar-refractivity contribution in [2.75, 3.05) is 31.5 Å². The molecule has 8 heteroatoms. The molecule has 28 heavy (non-hydrogen) atoms. The second-order valence-corrected chi connectivity index (χ2v) is 9.51. The van der Waals surface area contributed by atoms with Gasteiger partial charge in [0.1, 0.15) is 0 Å². The van der Waals surface area contributed by atoms with Crippen LogP contribution in [0.15, 0.2) is 29.2 Å². The molecule has 1 N–H and O–H groups in total. The summed E-state index contributed by atoms with van der Waals surface area (Å²) in [7, 11) is -3.48. The molecule has 2 amide bonds. The predicted molar refractivity (Wildman–Crippen MR) is 107 cm³/mol. The number of rotatable bonds is 7. The van der Waals surface area contributed by atoms with E-state index >= 15 is 0 Å². The number of hydrogen-bond donors (Lipinski definition) is 1. The fourth-order valence-corrected chi connectivity index (χ4v) is 5.24. The first kappa shape index (κ1) is 20.8. The third kappa shape index (κ3) is 4.72. The van der Waals surface area contributed by atoms with Crippen LogP contribution in [0.1, 0.15) is 45.4 Å². The van der Waals surface area contributed by atoms with E-state index in [4.69, 9.17) is 0 Å². The number of nitrogens with one attached hydrogen (secondary N) is 1.